The zero-order chi connectivity index (χ0) is 17.9. The van der Waals surface area contributed by atoms with Crippen LogP contribution in [0, 0.1) is 0 Å². The van der Waals surface area contributed by atoms with Crippen molar-refractivity contribution in [3.63, 3.8) is 0 Å². The van der Waals surface area contributed by atoms with E-state index in [1.807, 2.05) is 64.1 Å². The van der Waals surface area contributed by atoms with Crippen LogP contribution in [-0.4, -0.2) is 38.6 Å². The van der Waals surface area contributed by atoms with Gasteiger partial charge in [-0.05, 0) is 37.0 Å². The lowest BCUT2D eigenvalue weighted by molar-refractivity contribution is -0.132. The number of rotatable bonds is 4. The Morgan fingerprint density at radius 3 is 2.46 bits per heavy atom. The summed E-state index contributed by atoms with van der Waals surface area (Å²) in [4.78, 5) is 19.4. The lowest BCUT2D eigenvalue weighted by Gasteiger charge is -2.27. The Morgan fingerprint density at radius 1 is 1.00 bits per heavy atom. The summed E-state index contributed by atoms with van der Waals surface area (Å²) in [6.45, 7) is 1.85. The van der Waals surface area contributed by atoms with E-state index < -0.39 is 6.10 Å². The van der Waals surface area contributed by atoms with Crippen LogP contribution >= 0.6 is 0 Å². The van der Waals surface area contributed by atoms with Gasteiger partial charge in [0.05, 0.1) is 11.0 Å². The van der Waals surface area contributed by atoms with Gasteiger partial charge in [-0.25, -0.2) is 4.98 Å². The summed E-state index contributed by atoms with van der Waals surface area (Å²) in [7, 11) is 0. The van der Waals surface area contributed by atoms with Crippen LogP contribution in [-0.2, 0) is 11.3 Å². The number of fused-ring (bicyclic) bond motifs is 1. The number of likely N-dealkylation sites (tertiary alicyclic amines) is 1. The molecule has 2 aromatic carbocycles. The van der Waals surface area contributed by atoms with Crippen LogP contribution < -0.4 is 0 Å². The third-order valence-corrected chi connectivity index (χ3v) is 5.05. The van der Waals surface area contributed by atoms with Gasteiger partial charge in [-0.15, -0.1) is 0 Å². The minimum atomic E-state index is -0.863. The first-order chi connectivity index (χ1) is 12.7. The number of hydrogen-bond acceptors (Lipinski definition) is 3. The fraction of sp³-hybridized carbons (Fsp3) is 0.333. The number of hydrogen-bond donors (Lipinski definition) is 1. The van der Waals surface area contributed by atoms with Crippen LogP contribution in [0.2, 0.25) is 0 Å². The second kappa shape index (κ2) is 7.30. The van der Waals surface area contributed by atoms with E-state index in [9.17, 15) is 9.90 Å². The van der Waals surface area contributed by atoms with Crippen molar-refractivity contribution in [2.24, 2.45) is 0 Å². The number of carbonyl (C=O) groups is 1. The molecule has 0 aliphatic carbocycles. The first kappa shape index (κ1) is 16.8. The van der Waals surface area contributed by atoms with Crippen molar-refractivity contribution in [2.45, 2.75) is 31.9 Å². The van der Waals surface area contributed by atoms with Crippen LogP contribution in [0.3, 0.4) is 0 Å². The van der Waals surface area contributed by atoms with E-state index in [1.54, 1.807) is 0 Å². The first-order valence-corrected chi connectivity index (χ1v) is 9.20. The highest BCUT2D eigenvalue weighted by atomic mass is 16.3. The second-order valence-electron chi connectivity index (χ2n) is 6.80. The number of benzene rings is 2. The van der Waals surface area contributed by atoms with Crippen LogP contribution in [0.4, 0.5) is 0 Å². The molecule has 1 amide bonds. The summed E-state index contributed by atoms with van der Waals surface area (Å²) in [5.74, 6) is 0.608. The third-order valence-electron chi connectivity index (χ3n) is 5.05. The summed E-state index contributed by atoms with van der Waals surface area (Å²) >= 11 is 0. The van der Waals surface area contributed by atoms with Crippen molar-refractivity contribution < 1.29 is 9.90 Å². The maximum atomic E-state index is 12.8. The summed E-state index contributed by atoms with van der Waals surface area (Å²) in [5, 5.41) is 10.9. The third kappa shape index (κ3) is 3.22. The van der Waals surface area contributed by atoms with E-state index in [4.69, 9.17) is 0 Å². The predicted molar refractivity (Wildman–Crippen MR) is 101 cm³/mol. The normalized spacial score (nSPS) is 16.0. The van der Waals surface area contributed by atoms with Gasteiger partial charge in [-0.1, -0.05) is 42.5 Å². The van der Waals surface area contributed by atoms with E-state index in [-0.39, 0.29) is 12.5 Å². The van der Waals surface area contributed by atoms with Gasteiger partial charge in [-0.2, -0.15) is 0 Å². The molecule has 0 spiro atoms. The summed E-state index contributed by atoms with van der Waals surface area (Å²) in [6, 6.07) is 17.2. The average molecular weight is 349 g/mol. The van der Waals surface area contributed by atoms with Gasteiger partial charge < -0.3 is 14.6 Å². The molecular weight excluding hydrogens is 326 g/mol. The molecule has 0 unspecified atom stereocenters. The monoisotopic (exact) mass is 349 g/mol. The summed E-state index contributed by atoms with van der Waals surface area (Å²) < 4.78 is 1.87. The second-order valence-corrected chi connectivity index (χ2v) is 6.80. The van der Waals surface area contributed by atoms with Crippen molar-refractivity contribution in [3.8, 4) is 0 Å². The topological polar surface area (TPSA) is 58.4 Å². The van der Waals surface area contributed by atoms with Crippen LogP contribution in [0.25, 0.3) is 11.0 Å². The molecule has 1 aliphatic rings. The number of aliphatic hydroxyl groups excluding tert-OH is 1. The van der Waals surface area contributed by atoms with Gasteiger partial charge in [0, 0.05) is 13.1 Å². The molecule has 1 saturated heterocycles. The lowest BCUT2D eigenvalue weighted by atomic mass is 10.1. The molecule has 0 bridgehead atoms. The smallest absolute Gasteiger partial charge is 0.242 e. The Balaban J connectivity index is 1.71. The highest BCUT2D eigenvalue weighted by molar-refractivity contribution is 5.81. The number of nitrogens with zero attached hydrogens (tertiary/aromatic N) is 3. The largest absolute Gasteiger partial charge is 0.380 e. The zero-order valence-electron chi connectivity index (χ0n) is 14.7. The number of amides is 1. The molecule has 0 saturated carbocycles. The minimum Gasteiger partial charge on any atom is -0.380 e. The number of aliphatic hydroxyl groups is 1. The summed E-state index contributed by atoms with van der Waals surface area (Å²) in [5.41, 5.74) is 2.45. The Labute approximate surface area is 152 Å². The number of para-hydroxylation sites is 2. The van der Waals surface area contributed by atoms with E-state index in [0.717, 1.165) is 42.5 Å². The Bertz CT molecular complexity index is 898. The van der Waals surface area contributed by atoms with Crippen molar-refractivity contribution >= 4 is 16.9 Å². The number of imidazole rings is 1. The van der Waals surface area contributed by atoms with E-state index in [1.165, 1.54) is 6.42 Å². The molecule has 5 nitrogen and oxygen atoms in total. The molecular formula is C21H23N3O2. The van der Waals surface area contributed by atoms with Crippen LogP contribution in [0.1, 0.15) is 36.8 Å². The maximum Gasteiger partial charge on any atom is 0.242 e. The molecule has 1 aliphatic heterocycles. The van der Waals surface area contributed by atoms with Gasteiger partial charge in [0.15, 0.2) is 0 Å². The van der Waals surface area contributed by atoms with Crippen LogP contribution in [0.5, 0.6) is 0 Å². The standard InChI is InChI=1S/C21H23N3O2/c25-19(23-13-7-2-8-14-23)15-24-18-12-6-5-11-17(18)22-21(24)20(26)16-9-3-1-4-10-16/h1,3-6,9-12,20,26H,2,7-8,13-15H2/t20-/m0/s1. The predicted octanol–water partition coefficient (Wildman–Crippen LogP) is 3.13. The van der Waals surface area contributed by atoms with E-state index >= 15 is 0 Å². The van der Waals surface area contributed by atoms with Gasteiger partial charge in [0.25, 0.3) is 0 Å². The lowest BCUT2D eigenvalue weighted by Crippen LogP contribution is -2.38. The molecule has 1 atom stereocenters. The SMILES string of the molecule is O=C(Cn1c([C@@H](O)c2ccccc2)nc2ccccc21)N1CCCCC1. The van der Waals surface area contributed by atoms with Gasteiger partial charge in [-0.3, -0.25) is 4.79 Å². The molecule has 3 aromatic rings. The fourth-order valence-corrected chi connectivity index (χ4v) is 3.63. The molecule has 1 N–H and O–H groups in total. The molecule has 1 aromatic heterocycles. The first-order valence-electron chi connectivity index (χ1n) is 9.20. The minimum absolute atomic E-state index is 0.0920. The zero-order valence-corrected chi connectivity index (χ0v) is 14.7. The quantitative estimate of drug-likeness (QED) is 0.787. The fourth-order valence-electron chi connectivity index (χ4n) is 3.63. The summed E-state index contributed by atoms with van der Waals surface area (Å²) in [6.07, 6.45) is 2.46. The Kier molecular flexibility index (Phi) is 4.71. The Morgan fingerprint density at radius 2 is 1.69 bits per heavy atom. The molecule has 26 heavy (non-hydrogen) atoms. The molecule has 0 radical (unpaired) electrons. The number of aromatic nitrogens is 2. The van der Waals surface area contributed by atoms with Crippen molar-refractivity contribution in [2.75, 3.05) is 13.1 Å². The number of piperidine rings is 1. The maximum absolute atomic E-state index is 12.8. The van der Waals surface area contributed by atoms with Crippen molar-refractivity contribution in [1.82, 2.24) is 14.5 Å². The number of carbonyl (C=O) groups excluding carboxylic acids is 1. The van der Waals surface area contributed by atoms with Crippen molar-refractivity contribution in [1.29, 1.82) is 0 Å². The Hall–Kier alpha value is -2.66. The van der Waals surface area contributed by atoms with Gasteiger partial charge in [0.1, 0.15) is 18.5 Å². The average Bonchev–Trinajstić information content (AvgIpc) is 3.07. The molecule has 4 rings (SSSR count). The van der Waals surface area contributed by atoms with E-state index in [2.05, 4.69) is 4.98 Å². The van der Waals surface area contributed by atoms with Gasteiger partial charge >= 0.3 is 0 Å². The van der Waals surface area contributed by atoms with Gasteiger partial charge in [0.2, 0.25) is 5.91 Å². The molecule has 1 fully saturated rings. The van der Waals surface area contributed by atoms with E-state index in [0.29, 0.717) is 5.82 Å². The molecule has 5 heteroatoms. The molecule has 2 heterocycles. The highest BCUT2D eigenvalue weighted by Crippen LogP contribution is 2.26. The molecule has 134 valence electrons. The van der Waals surface area contributed by atoms with Crippen LogP contribution in [0.15, 0.2) is 54.6 Å². The highest BCUT2D eigenvalue weighted by Gasteiger charge is 2.23. The van der Waals surface area contributed by atoms with Crippen molar-refractivity contribution in [3.05, 3.63) is 66.0 Å².